The zero-order valence-electron chi connectivity index (χ0n) is 8.84. The Labute approximate surface area is 103 Å². The van der Waals surface area contributed by atoms with Crippen LogP contribution in [-0.4, -0.2) is 16.3 Å². The third-order valence-electron chi connectivity index (χ3n) is 2.49. The number of halogens is 1. The van der Waals surface area contributed by atoms with Crippen molar-refractivity contribution in [3.8, 4) is 0 Å². The van der Waals surface area contributed by atoms with Gasteiger partial charge in [-0.05, 0) is 17.2 Å². The molecule has 1 aromatic carbocycles. The van der Waals surface area contributed by atoms with E-state index in [0.717, 1.165) is 16.9 Å². The second-order valence-electron chi connectivity index (χ2n) is 3.65. The number of hydrogen-bond donors (Lipinski definition) is 0. The van der Waals surface area contributed by atoms with E-state index in [1.54, 1.807) is 0 Å². The average Bonchev–Trinajstić information content (AvgIpc) is 2.78. The summed E-state index contributed by atoms with van der Waals surface area (Å²) in [6.45, 7) is 0. The van der Waals surface area contributed by atoms with E-state index >= 15 is 0 Å². The molecule has 2 aromatic rings. The van der Waals surface area contributed by atoms with Crippen LogP contribution >= 0.6 is 11.6 Å². The zero-order valence-corrected chi connectivity index (χ0v) is 9.59. The Hall–Kier alpha value is -1.94. The molecule has 0 saturated carbocycles. The molecule has 0 amide bonds. The van der Waals surface area contributed by atoms with Crippen LogP contribution in [0.1, 0.15) is 11.3 Å². The topological polar surface area (TPSA) is 52.2 Å². The van der Waals surface area contributed by atoms with E-state index in [9.17, 15) is 0 Å². The number of rotatable bonds is 2. The molecule has 1 aromatic heterocycles. The van der Waals surface area contributed by atoms with E-state index < -0.39 is 0 Å². The first-order valence-corrected chi connectivity index (χ1v) is 5.54. The maximum absolute atomic E-state index is 5.86. The summed E-state index contributed by atoms with van der Waals surface area (Å²) in [6, 6.07) is 10.0. The maximum atomic E-state index is 5.86. The van der Waals surface area contributed by atoms with Crippen molar-refractivity contribution in [1.82, 2.24) is 15.3 Å². The highest BCUT2D eigenvalue weighted by atomic mass is 35.5. The summed E-state index contributed by atoms with van der Waals surface area (Å²) in [5.41, 5.74) is 2.69. The fourth-order valence-corrected chi connectivity index (χ4v) is 1.92. The molecule has 3 rings (SSSR count). The molecule has 1 radical (unpaired) electrons. The summed E-state index contributed by atoms with van der Waals surface area (Å²) in [5, 5.41) is 4.37. The van der Waals surface area contributed by atoms with Gasteiger partial charge in [-0.1, -0.05) is 30.3 Å². The van der Waals surface area contributed by atoms with E-state index in [2.05, 4.69) is 20.3 Å². The van der Waals surface area contributed by atoms with E-state index in [0.29, 0.717) is 12.2 Å². The average molecular weight is 244 g/mol. The molecular weight excluding hydrogens is 236 g/mol. The Morgan fingerprint density at radius 1 is 1.06 bits per heavy atom. The molecule has 0 atom stereocenters. The van der Waals surface area contributed by atoms with Gasteiger partial charge < -0.3 is 0 Å². The molecule has 83 valence electrons. The van der Waals surface area contributed by atoms with Gasteiger partial charge in [-0.15, -0.1) is 0 Å². The Balaban J connectivity index is 2.00. The van der Waals surface area contributed by atoms with Crippen LogP contribution in [0.3, 0.4) is 0 Å². The van der Waals surface area contributed by atoms with Crippen molar-refractivity contribution in [2.45, 2.75) is 6.42 Å². The minimum atomic E-state index is 0.212. The van der Waals surface area contributed by atoms with Gasteiger partial charge in [0.25, 0.3) is 0 Å². The molecule has 0 N–H and O–H groups in total. The minimum Gasteiger partial charge on any atom is -0.231 e. The first-order valence-electron chi connectivity index (χ1n) is 5.16. The SMILES string of the molecule is Clc1nc(Cc2ccccc2)c2c(n1)N=C[N]2. The molecule has 0 saturated heterocycles. The molecule has 4 nitrogen and oxygen atoms in total. The fraction of sp³-hybridized carbons (Fsp3) is 0.0833. The predicted molar refractivity (Wildman–Crippen MR) is 66.2 cm³/mol. The van der Waals surface area contributed by atoms with Crippen molar-refractivity contribution in [3.63, 3.8) is 0 Å². The van der Waals surface area contributed by atoms with E-state index in [-0.39, 0.29) is 5.28 Å². The van der Waals surface area contributed by atoms with E-state index in [4.69, 9.17) is 11.6 Å². The number of nitrogens with zero attached hydrogens (tertiary/aromatic N) is 4. The summed E-state index contributed by atoms with van der Waals surface area (Å²) >= 11 is 5.86. The second-order valence-corrected chi connectivity index (χ2v) is 3.99. The third kappa shape index (κ3) is 1.99. The van der Waals surface area contributed by atoms with Crippen LogP contribution < -0.4 is 5.32 Å². The molecule has 1 aliphatic heterocycles. The van der Waals surface area contributed by atoms with Gasteiger partial charge in [-0.25, -0.2) is 15.3 Å². The van der Waals surface area contributed by atoms with Crippen molar-refractivity contribution >= 4 is 29.4 Å². The first kappa shape index (κ1) is 10.2. The van der Waals surface area contributed by atoms with Crippen LogP contribution in [0.15, 0.2) is 35.3 Å². The van der Waals surface area contributed by atoms with Gasteiger partial charge in [0, 0.05) is 6.42 Å². The highest BCUT2D eigenvalue weighted by molar-refractivity contribution is 6.28. The lowest BCUT2D eigenvalue weighted by Gasteiger charge is -2.05. The molecule has 0 fully saturated rings. The summed E-state index contributed by atoms with van der Waals surface area (Å²) in [5.74, 6) is 0.552. The highest BCUT2D eigenvalue weighted by Crippen LogP contribution is 2.31. The lowest BCUT2D eigenvalue weighted by Crippen LogP contribution is -2.00. The number of hydrogen-bond acceptors (Lipinski definition) is 3. The van der Waals surface area contributed by atoms with Crippen molar-refractivity contribution in [2.24, 2.45) is 4.99 Å². The molecule has 1 aliphatic rings. The van der Waals surface area contributed by atoms with Crippen molar-refractivity contribution in [3.05, 3.63) is 46.9 Å². The van der Waals surface area contributed by atoms with Gasteiger partial charge in [0.05, 0.1) is 5.69 Å². The lowest BCUT2D eigenvalue weighted by molar-refractivity contribution is 1.01. The molecule has 0 unspecified atom stereocenters. The van der Waals surface area contributed by atoms with Crippen molar-refractivity contribution in [1.29, 1.82) is 0 Å². The quantitative estimate of drug-likeness (QED) is 0.762. The Bertz CT molecular complexity index is 581. The Morgan fingerprint density at radius 3 is 2.71 bits per heavy atom. The maximum Gasteiger partial charge on any atom is 0.224 e. The minimum absolute atomic E-state index is 0.212. The van der Waals surface area contributed by atoms with Gasteiger partial charge in [-0.2, -0.15) is 4.98 Å². The number of aromatic nitrogens is 2. The van der Waals surface area contributed by atoms with Crippen LogP contribution in [0.2, 0.25) is 5.28 Å². The summed E-state index contributed by atoms with van der Waals surface area (Å²) in [7, 11) is 0. The van der Waals surface area contributed by atoms with Crippen LogP contribution in [0.25, 0.3) is 0 Å². The van der Waals surface area contributed by atoms with Gasteiger partial charge in [0.15, 0.2) is 5.82 Å². The predicted octanol–water partition coefficient (Wildman–Crippen LogP) is 2.63. The number of fused-ring (bicyclic) bond motifs is 1. The molecule has 0 spiro atoms. The van der Waals surface area contributed by atoms with Gasteiger partial charge >= 0.3 is 0 Å². The van der Waals surface area contributed by atoms with Gasteiger partial charge in [0.2, 0.25) is 5.28 Å². The fourth-order valence-electron chi connectivity index (χ4n) is 1.73. The summed E-state index contributed by atoms with van der Waals surface area (Å²) < 4.78 is 0. The zero-order chi connectivity index (χ0) is 11.7. The molecule has 5 heteroatoms. The molecular formula is C12H8ClN4. The Morgan fingerprint density at radius 2 is 1.88 bits per heavy atom. The largest absolute Gasteiger partial charge is 0.231 e. The smallest absolute Gasteiger partial charge is 0.224 e. The molecule has 0 bridgehead atoms. The monoisotopic (exact) mass is 243 g/mol. The van der Waals surface area contributed by atoms with Crippen LogP contribution in [-0.2, 0) is 6.42 Å². The number of aliphatic imine (C=N–C) groups is 1. The van der Waals surface area contributed by atoms with E-state index in [1.807, 2.05) is 30.3 Å². The normalized spacial score (nSPS) is 12.3. The van der Waals surface area contributed by atoms with Crippen LogP contribution in [0, 0.1) is 0 Å². The Kier molecular flexibility index (Phi) is 2.49. The van der Waals surface area contributed by atoms with E-state index in [1.165, 1.54) is 6.34 Å². The summed E-state index contributed by atoms with van der Waals surface area (Å²) in [4.78, 5) is 12.3. The lowest BCUT2D eigenvalue weighted by atomic mass is 10.1. The van der Waals surface area contributed by atoms with Crippen molar-refractivity contribution < 1.29 is 0 Å². The molecule has 2 heterocycles. The van der Waals surface area contributed by atoms with Crippen LogP contribution in [0.5, 0.6) is 0 Å². The highest BCUT2D eigenvalue weighted by Gasteiger charge is 2.17. The standard InChI is InChI=1S/C12H8ClN4/c13-12-16-9(6-8-4-2-1-3-5-8)10-11(17-12)15-7-14-10/h1-5,7H,6H2. The van der Waals surface area contributed by atoms with Crippen LogP contribution in [0.4, 0.5) is 11.5 Å². The van der Waals surface area contributed by atoms with Gasteiger partial charge in [0.1, 0.15) is 12.0 Å². The summed E-state index contributed by atoms with van der Waals surface area (Å²) in [6.07, 6.45) is 2.16. The third-order valence-corrected chi connectivity index (χ3v) is 2.66. The number of benzene rings is 1. The molecule has 17 heavy (non-hydrogen) atoms. The molecule has 0 aliphatic carbocycles. The van der Waals surface area contributed by atoms with Gasteiger partial charge in [-0.3, -0.25) is 0 Å². The van der Waals surface area contributed by atoms with Crippen molar-refractivity contribution in [2.75, 3.05) is 0 Å². The second kappa shape index (κ2) is 4.14. The first-order chi connectivity index (χ1) is 8.33.